The minimum atomic E-state index is -2.46. The fraction of sp³-hybridized carbons (Fsp3) is 0. The molecule has 0 atom stereocenters. The summed E-state index contributed by atoms with van der Waals surface area (Å²) in [5.41, 5.74) is 0.564. The Morgan fingerprint density at radius 1 is 0.842 bits per heavy atom. The molecule has 1 N–H and O–H groups in total. The van der Waals surface area contributed by atoms with Crippen molar-refractivity contribution in [3.05, 3.63) is 66.7 Å². The molecule has 1 amide bonds. The van der Waals surface area contributed by atoms with Gasteiger partial charge in [-0.05, 0) is 12.1 Å². The number of carbonyl (C=O) groups is 1. The maximum atomic E-state index is 10.9. The molecule has 0 heterocycles. The van der Waals surface area contributed by atoms with Crippen LogP contribution in [0.15, 0.2) is 66.7 Å². The van der Waals surface area contributed by atoms with Gasteiger partial charge in [-0.15, -0.1) is 0 Å². The van der Waals surface area contributed by atoms with E-state index in [0.29, 0.717) is 11.1 Å². The summed E-state index contributed by atoms with van der Waals surface area (Å²) in [6, 6.07) is 20.6. The Hall–Kier alpha value is -2.40. The molecule has 2 aromatic carbocycles. The van der Waals surface area contributed by atoms with Crippen LogP contribution < -0.4 is 5.32 Å². The second-order valence-electron chi connectivity index (χ2n) is 3.39. The Morgan fingerprint density at radius 2 is 1.26 bits per heavy atom. The van der Waals surface area contributed by atoms with E-state index in [1.54, 1.807) is 30.3 Å². The van der Waals surface area contributed by atoms with E-state index in [1.807, 2.05) is 36.4 Å². The first-order valence-electron chi connectivity index (χ1n) is 5.47. The lowest BCUT2D eigenvalue weighted by atomic mass is 10.3. The third-order valence-electron chi connectivity index (χ3n) is 1.91. The topological polar surface area (TPSA) is 63.2 Å². The Balaban J connectivity index is 0.000000250. The number of rotatable bonds is 2. The molecule has 4 nitrogen and oxygen atoms in total. The van der Waals surface area contributed by atoms with Gasteiger partial charge in [0.15, 0.2) is 0 Å². The van der Waals surface area contributed by atoms with E-state index < -0.39 is 16.2 Å². The molecule has 0 radical (unpaired) electrons. The van der Waals surface area contributed by atoms with Crippen molar-refractivity contribution < 1.29 is 13.2 Å². The van der Waals surface area contributed by atoms with Gasteiger partial charge in [0.1, 0.15) is 5.37 Å². The molecule has 0 saturated carbocycles. The van der Waals surface area contributed by atoms with E-state index in [0.717, 1.165) is 0 Å². The number of para-hydroxylation sites is 1. The monoisotopic (exact) mass is 275 g/mol. The molecule has 0 aliphatic heterocycles. The number of carbonyl (C=O) groups excluding carboxylic acids is 1. The van der Waals surface area contributed by atoms with Crippen LogP contribution in [0.25, 0.3) is 0 Å². The van der Waals surface area contributed by atoms with E-state index in [9.17, 15) is 13.2 Å². The normalized spacial score (nSPS) is 8.63. The average Bonchev–Trinajstić information content (AvgIpc) is 2.41. The summed E-state index contributed by atoms with van der Waals surface area (Å²) in [6.45, 7) is 0. The van der Waals surface area contributed by atoms with Crippen LogP contribution in [0.2, 0.25) is 0 Å². The molecular formula is C14H13NO3S. The van der Waals surface area contributed by atoms with E-state index in [4.69, 9.17) is 0 Å². The summed E-state index contributed by atoms with van der Waals surface area (Å²) in [6.07, 6.45) is 0. The van der Waals surface area contributed by atoms with Gasteiger partial charge in [-0.2, -0.15) is 8.42 Å². The van der Waals surface area contributed by atoms with Crippen molar-refractivity contribution >= 4 is 27.3 Å². The predicted octanol–water partition coefficient (Wildman–Crippen LogP) is 1.99. The molecule has 5 heteroatoms. The fourth-order valence-electron chi connectivity index (χ4n) is 1.17. The van der Waals surface area contributed by atoms with Gasteiger partial charge in [0.2, 0.25) is 10.3 Å². The van der Waals surface area contributed by atoms with Crippen LogP contribution in [-0.4, -0.2) is 19.7 Å². The number of anilines is 1. The van der Waals surface area contributed by atoms with Gasteiger partial charge in [0, 0.05) is 5.69 Å². The number of hydrogen-bond donors (Lipinski definition) is 1. The lowest BCUT2D eigenvalue weighted by molar-refractivity contribution is -0.109. The van der Waals surface area contributed by atoms with Crippen LogP contribution in [0.3, 0.4) is 0 Å². The lowest BCUT2D eigenvalue weighted by Gasteiger charge is -1.98. The first-order valence-corrected chi connectivity index (χ1v) is 6.61. The van der Waals surface area contributed by atoms with Crippen molar-refractivity contribution in [1.82, 2.24) is 0 Å². The zero-order chi connectivity index (χ0) is 13.9. The molecule has 0 aliphatic carbocycles. The van der Waals surface area contributed by atoms with Crippen molar-refractivity contribution in [2.45, 2.75) is 0 Å². The summed E-state index contributed by atoms with van der Waals surface area (Å²) in [4.78, 5) is 10.9. The van der Waals surface area contributed by atoms with Gasteiger partial charge in [-0.3, -0.25) is 4.79 Å². The van der Waals surface area contributed by atoms with Crippen molar-refractivity contribution in [1.29, 1.82) is 0 Å². The van der Waals surface area contributed by atoms with Crippen molar-refractivity contribution in [3.8, 4) is 0 Å². The molecule has 0 unspecified atom stereocenters. The second kappa shape index (κ2) is 8.66. The molecule has 98 valence electrons. The van der Waals surface area contributed by atoms with E-state index in [-0.39, 0.29) is 0 Å². The Bertz CT molecular complexity index is 588. The quantitative estimate of drug-likeness (QED) is 0.853. The molecule has 2 rings (SSSR count). The Morgan fingerprint density at radius 3 is 1.68 bits per heavy atom. The van der Waals surface area contributed by atoms with Crippen LogP contribution in [-0.2, 0) is 15.1 Å². The van der Waals surface area contributed by atoms with Crippen LogP contribution >= 0.6 is 0 Å². The maximum absolute atomic E-state index is 10.9. The third-order valence-corrected chi connectivity index (χ3v) is 2.32. The van der Waals surface area contributed by atoms with Crippen LogP contribution in [0.1, 0.15) is 0 Å². The number of hydrogen-bond acceptors (Lipinski definition) is 3. The molecule has 0 fully saturated rings. The zero-order valence-electron chi connectivity index (χ0n) is 10.1. The van der Waals surface area contributed by atoms with Gasteiger partial charge < -0.3 is 5.32 Å². The number of amides is 1. The smallest absolute Gasteiger partial charge is 0.263 e. The molecule has 0 aliphatic rings. The number of benzene rings is 2. The Labute approximate surface area is 113 Å². The van der Waals surface area contributed by atoms with Crippen molar-refractivity contribution in [2.75, 3.05) is 5.32 Å². The van der Waals surface area contributed by atoms with E-state index in [2.05, 4.69) is 5.32 Å². The highest BCUT2D eigenvalue weighted by atomic mass is 32.2. The van der Waals surface area contributed by atoms with Gasteiger partial charge in [0.25, 0.3) is 5.91 Å². The minimum absolute atomic E-state index is 0.564. The highest BCUT2D eigenvalue weighted by Crippen LogP contribution is 2.03. The Kier molecular flexibility index (Phi) is 6.68. The minimum Gasteiger partial charge on any atom is -0.322 e. The largest absolute Gasteiger partial charge is 0.322 e. The van der Waals surface area contributed by atoms with Gasteiger partial charge in [-0.1, -0.05) is 54.6 Å². The molecular weight excluding hydrogens is 262 g/mol. The second-order valence-corrected chi connectivity index (χ2v) is 4.15. The first kappa shape index (κ1) is 14.7. The predicted molar refractivity (Wildman–Crippen MR) is 76.5 cm³/mol. The SMILES string of the molecule is O=C(C=S(=O)=O)Nc1ccccc1.c1ccccc1. The summed E-state index contributed by atoms with van der Waals surface area (Å²) in [5, 5.41) is 2.96. The highest BCUT2D eigenvalue weighted by molar-refractivity contribution is 7.73. The van der Waals surface area contributed by atoms with Crippen LogP contribution in [0.5, 0.6) is 0 Å². The molecule has 0 spiro atoms. The zero-order valence-corrected chi connectivity index (χ0v) is 10.9. The molecule has 0 aromatic heterocycles. The average molecular weight is 275 g/mol. The van der Waals surface area contributed by atoms with Crippen molar-refractivity contribution in [2.24, 2.45) is 0 Å². The molecule has 0 bridgehead atoms. The first-order chi connectivity index (χ1) is 9.18. The highest BCUT2D eigenvalue weighted by Gasteiger charge is 1.96. The molecule has 2 aromatic rings. The van der Waals surface area contributed by atoms with E-state index in [1.165, 1.54) is 0 Å². The van der Waals surface area contributed by atoms with Crippen LogP contribution in [0, 0.1) is 0 Å². The summed E-state index contributed by atoms with van der Waals surface area (Å²) in [7, 11) is -2.46. The molecule has 0 saturated heterocycles. The summed E-state index contributed by atoms with van der Waals surface area (Å²) in [5.74, 6) is -0.653. The van der Waals surface area contributed by atoms with E-state index >= 15 is 0 Å². The fourth-order valence-corrected chi connectivity index (χ4v) is 1.40. The van der Waals surface area contributed by atoms with Crippen molar-refractivity contribution in [3.63, 3.8) is 0 Å². The summed E-state index contributed by atoms with van der Waals surface area (Å²) >= 11 is 0. The van der Waals surface area contributed by atoms with Gasteiger partial charge in [-0.25, -0.2) is 0 Å². The standard InChI is InChI=1S/C8H7NO3S.C6H6/c10-8(6-13(11)12)9-7-4-2-1-3-5-7;1-2-4-6-5-3-1/h1-6H,(H,9,10);1-6H. The lowest BCUT2D eigenvalue weighted by Crippen LogP contribution is -2.12. The summed E-state index contributed by atoms with van der Waals surface area (Å²) < 4.78 is 20.2. The molecule has 19 heavy (non-hydrogen) atoms. The third kappa shape index (κ3) is 7.51. The van der Waals surface area contributed by atoms with Crippen LogP contribution in [0.4, 0.5) is 5.69 Å². The van der Waals surface area contributed by atoms with Gasteiger partial charge in [0.05, 0.1) is 0 Å². The maximum Gasteiger partial charge on any atom is 0.263 e. The van der Waals surface area contributed by atoms with Gasteiger partial charge >= 0.3 is 0 Å². The number of nitrogens with one attached hydrogen (secondary N) is 1.